The van der Waals surface area contributed by atoms with Gasteiger partial charge in [-0.1, -0.05) is 65.9 Å². The average molecular weight is 546 g/mol. The highest BCUT2D eigenvalue weighted by molar-refractivity contribution is 7.18. The second-order valence-electron chi connectivity index (χ2n) is 10.0. The minimum absolute atomic E-state index is 0.369. The molecule has 40 heavy (non-hydrogen) atoms. The van der Waals surface area contributed by atoms with Crippen LogP contribution in [0.15, 0.2) is 85.6 Å². The normalized spacial score (nSPS) is 14.6. The van der Waals surface area contributed by atoms with Crippen molar-refractivity contribution in [3.63, 3.8) is 0 Å². The van der Waals surface area contributed by atoms with Gasteiger partial charge in [-0.3, -0.25) is 9.88 Å². The highest BCUT2D eigenvalue weighted by atomic mass is 32.1. The minimum Gasteiger partial charge on any atom is -0.374 e. The average Bonchev–Trinajstić information content (AvgIpc) is 3.65. The highest BCUT2D eigenvalue weighted by Gasteiger charge is 2.23. The number of nitrogens with zero attached hydrogens (tertiary/aromatic N) is 8. The van der Waals surface area contributed by atoms with Gasteiger partial charge in [0, 0.05) is 48.7 Å². The summed E-state index contributed by atoms with van der Waals surface area (Å²) >= 11 is 1.36. The van der Waals surface area contributed by atoms with Crippen LogP contribution in [-0.4, -0.2) is 52.9 Å². The molecule has 1 aliphatic heterocycles. The summed E-state index contributed by atoms with van der Waals surface area (Å²) in [6.45, 7) is 2.97. The van der Waals surface area contributed by atoms with E-state index >= 15 is 0 Å². The molecule has 4 aromatic heterocycles. The Kier molecular flexibility index (Phi) is 6.46. The number of hydrogen-bond acceptors (Lipinski definition) is 9. The van der Waals surface area contributed by atoms with E-state index in [1.807, 2.05) is 36.8 Å². The first-order chi connectivity index (χ1) is 19.7. The summed E-state index contributed by atoms with van der Waals surface area (Å²) in [6.07, 6.45) is 9.24. The summed E-state index contributed by atoms with van der Waals surface area (Å²) in [5.74, 6) is 0. The van der Waals surface area contributed by atoms with Crippen LogP contribution in [0.2, 0.25) is 0 Å². The van der Waals surface area contributed by atoms with E-state index in [0.717, 1.165) is 76.5 Å². The molecule has 0 radical (unpaired) electrons. The van der Waals surface area contributed by atoms with E-state index in [1.54, 1.807) is 6.33 Å². The zero-order valence-corrected chi connectivity index (χ0v) is 22.6. The van der Waals surface area contributed by atoms with Gasteiger partial charge in [-0.15, -0.1) is 10.2 Å². The fourth-order valence-electron chi connectivity index (χ4n) is 5.41. The van der Waals surface area contributed by atoms with Gasteiger partial charge in [0.15, 0.2) is 10.7 Å². The lowest BCUT2D eigenvalue weighted by Crippen LogP contribution is -2.34. The number of benzene rings is 2. The van der Waals surface area contributed by atoms with E-state index < -0.39 is 0 Å². The zero-order valence-electron chi connectivity index (χ0n) is 21.8. The van der Waals surface area contributed by atoms with Gasteiger partial charge < -0.3 is 5.73 Å². The van der Waals surface area contributed by atoms with E-state index in [2.05, 4.69) is 77.3 Å². The number of anilines is 1. The maximum absolute atomic E-state index is 5.83. The summed E-state index contributed by atoms with van der Waals surface area (Å²) in [5, 5.41) is 15.0. The topological polar surface area (TPSA) is 112 Å². The maximum Gasteiger partial charge on any atom is 0.203 e. The van der Waals surface area contributed by atoms with Crippen molar-refractivity contribution in [3.05, 3.63) is 91.1 Å². The van der Waals surface area contributed by atoms with Gasteiger partial charge in [-0.05, 0) is 30.0 Å². The fourth-order valence-corrected chi connectivity index (χ4v) is 6.00. The van der Waals surface area contributed by atoms with Crippen LogP contribution in [0.25, 0.3) is 44.0 Å². The molecule has 0 saturated carbocycles. The molecule has 1 saturated heterocycles. The van der Waals surface area contributed by atoms with E-state index in [-0.39, 0.29) is 0 Å². The SMILES string of the molecule is Nc1nnc(-c2cnc(-c3ccc(CN4CCC(n5ncc6cncnc65)CC4)cc3)c(-c3ccccc3)c2)s1. The third kappa shape index (κ3) is 4.83. The Hall–Kier alpha value is -4.54. The molecule has 1 aliphatic rings. The summed E-state index contributed by atoms with van der Waals surface area (Å²) in [7, 11) is 0. The van der Waals surface area contributed by atoms with Crippen molar-refractivity contribution < 1.29 is 0 Å². The maximum atomic E-state index is 5.83. The molecule has 0 spiro atoms. The first-order valence-corrected chi connectivity index (χ1v) is 14.1. The van der Waals surface area contributed by atoms with Crippen molar-refractivity contribution in [3.8, 4) is 33.0 Å². The molecule has 2 N–H and O–H groups in total. The van der Waals surface area contributed by atoms with Gasteiger partial charge in [0.05, 0.1) is 23.3 Å². The first kappa shape index (κ1) is 24.5. The Balaban J connectivity index is 1.08. The van der Waals surface area contributed by atoms with Gasteiger partial charge in [0.2, 0.25) is 5.13 Å². The molecule has 198 valence electrons. The molecule has 9 nitrogen and oxygen atoms in total. The van der Waals surface area contributed by atoms with Gasteiger partial charge in [-0.25, -0.2) is 14.6 Å². The van der Waals surface area contributed by atoms with Crippen LogP contribution in [0.3, 0.4) is 0 Å². The monoisotopic (exact) mass is 545 g/mol. The predicted octanol–water partition coefficient (Wildman–Crippen LogP) is 5.49. The predicted molar refractivity (Wildman–Crippen MR) is 157 cm³/mol. The number of likely N-dealkylation sites (tertiary alicyclic amines) is 1. The quantitative estimate of drug-likeness (QED) is 0.292. The van der Waals surface area contributed by atoms with Crippen molar-refractivity contribution in [1.82, 2.24) is 39.8 Å². The standard InChI is InChI=1S/C30H27N9S/c31-30-37-36-29(40-30)23-14-26(21-4-2-1-3-5-21)27(33-16-23)22-8-6-20(7-9-22)18-38-12-10-25(11-13-38)39-28-24(17-35-39)15-32-19-34-28/h1-9,14-17,19,25H,10-13,18H2,(H2,31,37). The molecule has 0 unspecified atom stereocenters. The Bertz CT molecular complexity index is 1750. The smallest absolute Gasteiger partial charge is 0.203 e. The van der Waals surface area contributed by atoms with Crippen LogP contribution in [0.4, 0.5) is 5.13 Å². The van der Waals surface area contributed by atoms with Gasteiger partial charge >= 0.3 is 0 Å². The number of aromatic nitrogens is 7. The van der Waals surface area contributed by atoms with Crippen molar-refractivity contribution in [2.75, 3.05) is 18.8 Å². The third-order valence-electron chi connectivity index (χ3n) is 7.45. The summed E-state index contributed by atoms with van der Waals surface area (Å²) in [4.78, 5) is 15.9. The number of fused-ring (bicyclic) bond motifs is 1. The van der Waals surface area contributed by atoms with Crippen LogP contribution in [-0.2, 0) is 6.54 Å². The van der Waals surface area contributed by atoms with Crippen molar-refractivity contribution >= 4 is 27.5 Å². The molecule has 6 aromatic rings. The molecule has 1 fully saturated rings. The molecule has 0 bridgehead atoms. The van der Waals surface area contributed by atoms with Crippen LogP contribution in [0.5, 0.6) is 0 Å². The van der Waals surface area contributed by atoms with Crippen LogP contribution >= 0.6 is 11.3 Å². The molecule has 5 heterocycles. The Morgan fingerprint density at radius 1 is 0.850 bits per heavy atom. The molecular weight excluding hydrogens is 518 g/mol. The number of hydrogen-bond donors (Lipinski definition) is 1. The molecule has 0 aliphatic carbocycles. The molecule has 2 aromatic carbocycles. The van der Waals surface area contributed by atoms with Crippen LogP contribution in [0, 0.1) is 0 Å². The lowest BCUT2D eigenvalue weighted by Gasteiger charge is -2.32. The summed E-state index contributed by atoms with van der Waals surface area (Å²) in [5.41, 5.74) is 13.1. The Morgan fingerprint density at radius 3 is 2.45 bits per heavy atom. The number of nitrogens with two attached hydrogens (primary N) is 1. The van der Waals surface area contributed by atoms with Crippen LogP contribution < -0.4 is 5.73 Å². The molecule has 7 rings (SSSR count). The summed E-state index contributed by atoms with van der Waals surface area (Å²) in [6, 6.07) is 21.6. The summed E-state index contributed by atoms with van der Waals surface area (Å²) < 4.78 is 2.08. The highest BCUT2D eigenvalue weighted by Crippen LogP contribution is 2.35. The van der Waals surface area contributed by atoms with Crippen molar-refractivity contribution in [1.29, 1.82) is 0 Å². The fraction of sp³-hybridized carbons (Fsp3) is 0.200. The van der Waals surface area contributed by atoms with Gasteiger partial charge in [0.25, 0.3) is 0 Å². The van der Waals surface area contributed by atoms with Crippen LogP contribution in [0.1, 0.15) is 24.4 Å². The van der Waals surface area contributed by atoms with E-state index in [9.17, 15) is 0 Å². The number of piperidine rings is 1. The van der Waals surface area contributed by atoms with Gasteiger partial charge in [0.1, 0.15) is 6.33 Å². The second kappa shape index (κ2) is 10.6. The molecule has 0 amide bonds. The molecular formula is C30H27N9S. The second-order valence-corrected chi connectivity index (χ2v) is 11.0. The van der Waals surface area contributed by atoms with Crippen molar-refractivity contribution in [2.45, 2.75) is 25.4 Å². The lowest BCUT2D eigenvalue weighted by molar-refractivity contribution is 0.175. The Morgan fingerprint density at radius 2 is 1.68 bits per heavy atom. The van der Waals surface area contributed by atoms with Crippen molar-refractivity contribution in [2.24, 2.45) is 0 Å². The van der Waals surface area contributed by atoms with Gasteiger partial charge in [-0.2, -0.15) is 5.10 Å². The lowest BCUT2D eigenvalue weighted by atomic mass is 9.97. The van der Waals surface area contributed by atoms with E-state index in [4.69, 9.17) is 10.7 Å². The largest absolute Gasteiger partial charge is 0.374 e. The number of nitrogen functional groups attached to an aromatic ring is 1. The number of rotatable bonds is 6. The number of pyridine rings is 1. The zero-order chi connectivity index (χ0) is 26.9. The third-order valence-corrected chi connectivity index (χ3v) is 8.25. The van der Waals surface area contributed by atoms with E-state index in [1.165, 1.54) is 16.9 Å². The molecule has 10 heteroatoms. The Labute approximate surface area is 235 Å². The molecule has 0 atom stereocenters. The minimum atomic E-state index is 0.369. The first-order valence-electron chi connectivity index (χ1n) is 13.3. The van der Waals surface area contributed by atoms with E-state index in [0.29, 0.717) is 11.2 Å².